The number of hydrogen-bond donors (Lipinski definition) is 1. The van der Waals surface area contributed by atoms with Crippen LogP contribution >= 0.6 is 0 Å². The average molecular weight is 324 g/mol. The van der Waals surface area contributed by atoms with E-state index in [2.05, 4.69) is 5.32 Å². The molecule has 1 N–H and O–H groups in total. The number of anilines is 1. The van der Waals surface area contributed by atoms with Gasteiger partial charge < -0.3 is 9.73 Å². The zero-order chi connectivity index (χ0) is 17.4. The fraction of sp³-hybridized carbons (Fsp3) is 0.235. The minimum atomic E-state index is -0.625. The van der Waals surface area contributed by atoms with Gasteiger partial charge in [0.2, 0.25) is 0 Å². The fourth-order valence-electron chi connectivity index (χ4n) is 2.61. The third-order valence-electron chi connectivity index (χ3n) is 4.00. The van der Waals surface area contributed by atoms with E-state index < -0.39 is 11.2 Å². The summed E-state index contributed by atoms with van der Waals surface area (Å²) in [5, 5.41) is 13.3. The van der Waals surface area contributed by atoms with Crippen LogP contribution in [0.25, 0.3) is 11.0 Å². The molecule has 1 unspecified atom stereocenters. The molecular formula is C17H16N4O3. The number of aromatic nitrogens is 2. The quantitative estimate of drug-likeness (QED) is 0.794. The summed E-state index contributed by atoms with van der Waals surface area (Å²) in [5.41, 5.74) is -0.486. The molecule has 0 bridgehead atoms. The Morgan fingerprint density at radius 2 is 1.92 bits per heavy atom. The Kier molecular flexibility index (Phi) is 3.73. The van der Waals surface area contributed by atoms with Gasteiger partial charge >= 0.3 is 5.69 Å². The molecule has 7 nitrogen and oxygen atoms in total. The van der Waals surface area contributed by atoms with Crippen molar-refractivity contribution in [1.82, 2.24) is 9.13 Å². The number of para-hydroxylation sites is 1. The molecule has 0 aliphatic rings. The van der Waals surface area contributed by atoms with Crippen molar-refractivity contribution in [3.63, 3.8) is 0 Å². The van der Waals surface area contributed by atoms with Crippen molar-refractivity contribution in [3.05, 3.63) is 62.5 Å². The molecule has 0 aliphatic heterocycles. The number of furan rings is 1. The molecule has 7 heteroatoms. The molecule has 0 aliphatic carbocycles. The van der Waals surface area contributed by atoms with Crippen molar-refractivity contribution in [2.75, 3.05) is 5.32 Å². The van der Waals surface area contributed by atoms with Gasteiger partial charge in [-0.05, 0) is 19.1 Å². The molecule has 0 saturated carbocycles. The minimum absolute atomic E-state index is 0.109. The van der Waals surface area contributed by atoms with Gasteiger partial charge in [-0.25, -0.2) is 4.79 Å². The van der Waals surface area contributed by atoms with Crippen molar-refractivity contribution in [2.24, 2.45) is 14.1 Å². The fourth-order valence-corrected chi connectivity index (χ4v) is 2.61. The number of nitriles is 1. The van der Waals surface area contributed by atoms with Crippen molar-refractivity contribution in [3.8, 4) is 6.07 Å². The summed E-state index contributed by atoms with van der Waals surface area (Å²) in [6.45, 7) is 1.83. The second kappa shape index (κ2) is 5.74. The van der Waals surface area contributed by atoms with Crippen LogP contribution in [0.1, 0.15) is 24.3 Å². The zero-order valence-corrected chi connectivity index (χ0v) is 13.5. The Hall–Kier alpha value is -3.27. The van der Waals surface area contributed by atoms with Crippen molar-refractivity contribution < 1.29 is 4.42 Å². The molecule has 24 heavy (non-hydrogen) atoms. The van der Waals surface area contributed by atoms with E-state index in [-0.39, 0.29) is 17.4 Å². The molecule has 2 aromatic heterocycles. The average Bonchev–Trinajstić information content (AvgIpc) is 3.02. The highest BCUT2D eigenvalue weighted by molar-refractivity contribution is 5.77. The van der Waals surface area contributed by atoms with E-state index in [0.29, 0.717) is 5.76 Å². The Bertz CT molecular complexity index is 1050. The molecule has 0 spiro atoms. The van der Waals surface area contributed by atoms with Crippen molar-refractivity contribution >= 4 is 16.8 Å². The lowest BCUT2D eigenvalue weighted by molar-refractivity contribution is 0.523. The second-order valence-electron chi connectivity index (χ2n) is 5.59. The molecule has 0 saturated heterocycles. The molecule has 1 atom stereocenters. The van der Waals surface area contributed by atoms with Crippen LogP contribution in [0.5, 0.6) is 0 Å². The number of hydrogen-bond acceptors (Lipinski definition) is 5. The van der Waals surface area contributed by atoms with E-state index in [4.69, 9.17) is 4.42 Å². The number of nitrogens with one attached hydrogen (secondary N) is 1. The van der Waals surface area contributed by atoms with E-state index in [1.807, 2.05) is 43.3 Å². The molecule has 1 aromatic carbocycles. The summed E-state index contributed by atoms with van der Waals surface area (Å²) in [4.78, 5) is 24.2. The summed E-state index contributed by atoms with van der Waals surface area (Å²) in [7, 11) is 2.86. The van der Waals surface area contributed by atoms with Crippen LogP contribution in [0, 0.1) is 11.3 Å². The van der Waals surface area contributed by atoms with E-state index in [0.717, 1.165) is 15.5 Å². The maximum Gasteiger partial charge on any atom is 0.332 e. The summed E-state index contributed by atoms with van der Waals surface area (Å²) in [6, 6.07) is 11.0. The van der Waals surface area contributed by atoms with Crippen LogP contribution in [0.4, 0.5) is 5.82 Å². The van der Waals surface area contributed by atoms with E-state index in [1.165, 1.54) is 18.7 Å². The first-order chi connectivity index (χ1) is 11.4. The molecule has 3 aromatic rings. The highest BCUT2D eigenvalue weighted by atomic mass is 16.3. The normalized spacial score (nSPS) is 12.1. The van der Waals surface area contributed by atoms with Crippen LogP contribution in [-0.2, 0) is 14.1 Å². The predicted octanol–water partition coefficient (Wildman–Crippen LogP) is 1.87. The third-order valence-corrected chi connectivity index (χ3v) is 4.00. The smallest absolute Gasteiger partial charge is 0.332 e. The number of rotatable bonds is 3. The monoisotopic (exact) mass is 324 g/mol. The molecule has 2 heterocycles. The summed E-state index contributed by atoms with van der Waals surface area (Å²) < 4.78 is 7.94. The van der Waals surface area contributed by atoms with Crippen LogP contribution < -0.4 is 16.6 Å². The first-order valence-electron chi connectivity index (χ1n) is 7.39. The van der Waals surface area contributed by atoms with Gasteiger partial charge in [0.05, 0.1) is 6.04 Å². The van der Waals surface area contributed by atoms with Gasteiger partial charge in [-0.1, -0.05) is 18.2 Å². The lowest BCUT2D eigenvalue weighted by atomic mass is 10.2. The Balaban J connectivity index is 2.06. The zero-order valence-electron chi connectivity index (χ0n) is 13.5. The Morgan fingerprint density at radius 1 is 1.21 bits per heavy atom. The van der Waals surface area contributed by atoms with Crippen LogP contribution in [0.2, 0.25) is 0 Å². The Morgan fingerprint density at radius 3 is 2.58 bits per heavy atom. The maximum atomic E-state index is 12.1. The molecule has 3 rings (SSSR count). The molecular weight excluding hydrogens is 308 g/mol. The van der Waals surface area contributed by atoms with Crippen LogP contribution in [0.15, 0.2) is 44.3 Å². The van der Waals surface area contributed by atoms with Crippen LogP contribution in [-0.4, -0.2) is 9.13 Å². The first-order valence-corrected chi connectivity index (χ1v) is 7.39. The first kappa shape index (κ1) is 15.6. The summed E-state index contributed by atoms with van der Waals surface area (Å²) >= 11 is 0. The molecule has 0 amide bonds. The van der Waals surface area contributed by atoms with Crippen LogP contribution in [0.3, 0.4) is 0 Å². The van der Waals surface area contributed by atoms with Gasteiger partial charge in [0.25, 0.3) is 5.56 Å². The van der Waals surface area contributed by atoms with E-state index in [1.54, 1.807) is 0 Å². The predicted molar refractivity (Wildman–Crippen MR) is 89.9 cm³/mol. The van der Waals surface area contributed by atoms with Gasteiger partial charge in [0, 0.05) is 19.5 Å². The summed E-state index contributed by atoms with van der Waals surface area (Å²) in [6.07, 6.45) is 0. The topological polar surface area (TPSA) is 93.0 Å². The standard InChI is InChI=1S/C17H16N4O3/c1-10(14-8-11-6-4-5-7-13(11)24-14)19-15-12(9-18)16(22)21(3)17(23)20(15)2/h4-8,10,19H,1-3H3. The highest BCUT2D eigenvalue weighted by Gasteiger charge is 2.19. The van der Waals surface area contributed by atoms with Gasteiger partial charge in [-0.3, -0.25) is 13.9 Å². The Labute approximate surface area is 137 Å². The van der Waals surface area contributed by atoms with Crippen molar-refractivity contribution in [1.29, 1.82) is 5.26 Å². The van der Waals surface area contributed by atoms with Gasteiger partial charge in [-0.2, -0.15) is 5.26 Å². The number of benzene rings is 1. The second-order valence-corrected chi connectivity index (χ2v) is 5.59. The third kappa shape index (κ3) is 2.38. The number of fused-ring (bicyclic) bond motifs is 1. The van der Waals surface area contributed by atoms with E-state index >= 15 is 0 Å². The van der Waals surface area contributed by atoms with Crippen molar-refractivity contribution in [2.45, 2.75) is 13.0 Å². The highest BCUT2D eigenvalue weighted by Crippen LogP contribution is 2.26. The van der Waals surface area contributed by atoms with Gasteiger partial charge in [0.1, 0.15) is 23.2 Å². The minimum Gasteiger partial charge on any atom is -0.459 e. The van der Waals surface area contributed by atoms with E-state index in [9.17, 15) is 14.9 Å². The maximum absolute atomic E-state index is 12.1. The van der Waals surface area contributed by atoms with Gasteiger partial charge in [-0.15, -0.1) is 0 Å². The van der Waals surface area contributed by atoms with Gasteiger partial charge in [0.15, 0.2) is 5.56 Å². The lowest BCUT2D eigenvalue weighted by Gasteiger charge is -2.17. The largest absolute Gasteiger partial charge is 0.459 e. The summed E-state index contributed by atoms with van der Waals surface area (Å²) in [5.74, 6) is 0.826. The number of nitrogens with zero attached hydrogens (tertiary/aromatic N) is 3. The molecule has 122 valence electrons. The lowest BCUT2D eigenvalue weighted by Crippen LogP contribution is -2.40. The molecule has 0 radical (unpaired) electrons. The SMILES string of the molecule is CC(Nc1c(C#N)c(=O)n(C)c(=O)n1C)c1cc2ccccc2o1. The molecule has 0 fully saturated rings.